The lowest BCUT2D eigenvalue weighted by Gasteiger charge is -2.31. The molecule has 0 radical (unpaired) electrons. The Balaban J connectivity index is 1.83. The molecule has 0 bridgehead atoms. The summed E-state index contributed by atoms with van der Waals surface area (Å²) in [6.45, 7) is 2.67. The highest BCUT2D eigenvalue weighted by atomic mass is 16.5. The molecule has 6 nitrogen and oxygen atoms in total. The van der Waals surface area contributed by atoms with Crippen molar-refractivity contribution in [2.45, 2.75) is 25.9 Å². The molecule has 1 aliphatic heterocycles. The van der Waals surface area contributed by atoms with Gasteiger partial charge in [-0.25, -0.2) is 4.79 Å². The minimum absolute atomic E-state index is 0.0477. The van der Waals surface area contributed by atoms with E-state index in [0.29, 0.717) is 37.3 Å². The first-order valence-electron chi connectivity index (χ1n) is 6.24. The number of amides is 1. The van der Waals surface area contributed by atoms with Crippen molar-refractivity contribution in [3.8, 4) is 0 Å². The SMILES string of the molecule is Cc1cc(C(=O)N2CCC(OCC(=O)O)CC2)co1. The highest BCUT2D eigenvalue weighted by molar-refractivity contribution is 5.94. The first-order valence-corrected chi connectivity index (χ1v) is 6.24. The van der Waals surface area contributed by atoms with Crippen LogP contribution in [0.2, 0.25) is 0 Å². The van der Waals surface area contributed by atoms with Crippen molar-refractivity contribution in [1.82, 2.24) is 4.90 Å². The molecule has 1 amide bonds. The van der Waals surface area contributed by atoms with Crippen molar-refractivity contribution in [2.75, 3.05) is 19.7 Å². The minimum atomic E-state index is -0.965. The van der Waals surface area contributed by atoms with Crippen molar-refractivity contribution in [3.63, 3.8) is 0 Å². The number of carbonyl (C=O) groups is 2. The Kier molecular flexibility index (Phi) is 4.21. The van der Waals surface area contributed by atoms with Crippen LogP contribution in [-0.4, -0.2) is 47.7 Å². The van der Waals surface area contributed by atoms with Gasteiger partial charge in [0.25, 0.3) is 5.91 Å². The smallest absolute Gasteiger partial charge is 0.329 e. The summed E-state index contributed by atoms with van der Waals surface area (Å²) in [7, 11) is 0. The average Bonchev–Trinajstić information content (AvgIpc) is 2.83. The van der Waals surface area contributed by atoms with Crippen LogP contribution in [0.15, 0.2) is 16.7 Å². The zero-order valence-electron chi connectivity index (χ0n) is 10.8. The number of hydrogen-bond donors (Lipinski definition) is 1. The van der Waals surface area contributed by atoms with Crippen LogP contribution in [0.4, 0.5) is 0 Å². The molecule has 19 heavy (non-hydrogen) atoms. The van der Waals surface area contributed by atoms with Crippen LogP contribution in [-0.2, 0) is 9.53 Å². The topological polar surface area (TPSA) is 80.0 Å². The number of nitrogens with zero attached hydrogens (tertiary/aromatic N) is 1. The van der Waals surface area contributed by atoms with Crippen LogP contribution in [0.25, 0.3) is 0 Å². The van der Waals surface area contributed by atoms with Gasteiger partial charge in [0.1, 0.15) is 18.6 Å². The predicted octanol–water partition coefficient (Wildman–Crippen LogP) is 1.29. The highest BCUT2D eigenvalue weighted by Crippen LogP contribution is 2.17. The van der Waals surface area contributed by atoms with Gasteiger partial charge >= 0.3 is 5.97 Å². The second-order valence-electron chi connectivity index (χ2n) is 4.64. The van der Waals surface area contributed by atoms with E-state index in [4.69, 9.17) is 14.3 Å². The molecule has 1 aliphatic rings. The van der Waals surface area contributed by atoms with Gasteiger partial charge in [0.2, 0.25) is 0 Å². The molecule has 1 saturated heterocycles. The van der Waals surface area contributed by atoms with Crippen LogP contribution in [0, 0.1) is 6.92 Å². The molecule has 104 valence electrons. The number of aliphatic carboxylic acids is 1. The zero-order chi connectivity index (χ0) is 13.8. The summed E-state index contributed by atoms with van der Waals surface area (Å²) in [5.41, 5.74) is 0.558. The lowest BCUT2D eigenvalue weighted by Crippen LogP contribution is -2.41. The van der Waals surface area contributed by atoms with Crippen LogP contribution in [0.3, 0.4) is 0 Å². The Morgan fingerprint density at radius 2 is 2.16 bits per heavy atom. The molecule has 0 aromatic carbocycles. The lowest BCUT2D eigenvalue weighted by atomic mass is 10.1. The van der Waals surface area contributed by atoms with E-state index in [1.54, 1.807) is 17.9 Å². The van der Waals surface area contributed by atoms with Crippen LogP contribution < -0.4 is 0 Å². The van der Waals surface area contributed by atoms with Crippen LogP contribution >= 0.6 is 0 Å². The monoisotopic (exact) mass is 267 g/mol. The van der Waals surface area contributed by atoms with E-state index in [0.717, 1.165) is 0 Å². The molecule has 1 aromatic rings. The summed E-state index contributed by atoms with van der Waals surface area (Å²) in [5.74, 6) is -0.302. The summed E-state index contributed by atoms with van der Waals surface area (Å²) >= 11 is 0. The Hall–Kier alpha value is -1.82. The maximum atomic E-state index is 12.1. The van der Waals surface area contributed by atoms with E-state index in [1.807, 2.05) is 0 Å². The molecule has 0 saturated carbocycles. The second kappa shape index (κ2) is 5.88. The lowest BCUT2D eigenvalue weighted by molar-refractivity contribution is -0.145. The fraction of sp³-hybridized carbons (Fsp3) is 0.538. The number of piperidine rings is 1. The summed E-state index contributed by atoms with van der Waals surface area (Å²) < 4.78 is 10.4. The largest absolute Gasteiger partial charge is 0.480 e. The highest BCUT2D eigenvalue weighted by Gasteiger charge is 2.25. The Morgan fingerprint density at radius 3 is 2.68 bits per heavy atom. The first-order chi connectivity index (χ1) is 9.06. The third-order valence-corrected chi connectivity index (χ3v) is 3.15. The third kappa shape index (κ3) is 3.57. The molecule has 6 heteroatoms. The molecule has 2 rings (SSSR count). The number of furan rings is 1. The number of carboxylic acid groups (broad SMARTS) is 1. The van der Waals surface area contributed by atoms with Crippen molar-refractivity contribution < 1.29 is 23.8 Å². The molecule has 0 spiro atoms. The van der Waals surface area contributed by atoms with E-state index in [9.17, 15) is 9.59 Å². The molecular formula is C13H17NO5. The molecular weight excluding hydrogens is 250 g/mol. The van der Waals surface area contributed by atoms with E-state index in [1.165, 1.54) is 6.26 Å². The van der Waals surface area contributed by atoms with Gasteiger partial charge in [-0.05, 0) is 25.8 Å². The third-order valence-electron chi connectivity index (χ3n) is 3.15. The molecule has 2 heterocycles. The molecule has 1 N–H and O–H groups in total. The van der Waals surface area contributed by atoms with E-state index in [-0.39, 0.29) is 18.6 Å². The molecule has 0 atom stereocenters. The quantitative estimate of drug-likeness (QED) is 0.889. The van der Waals surface area contributed by atoms with E-state index in [2.05, 4.69) is 0 Å². The number of rotatable bonds is 4. The van der Waals surface area contributed by atoms with Crippen molar-refractivity contribution >= 4 is 11.9 Å². The van der Waals surface area contributed by atoms with Gasteiger partial charge in [-0.15, -0.1) is 0 Å². The van der Waals surface area contributed by atoms with Gasteiger partial charge in [0, 0.05) is 13.1 Å². The normalized spacial score (nSPS) is 16.6. The van der Waals surface area contributed by atoms with Gasteiger partial charge in [-0.2, -0.15) is 0 Å². The summed E-state index contributed by atoms with van der Waals surface area (Å²) in [6, 6.07) is 1.72. The number of carboxylic acids is 1. The summed E-state index contributed by atoms with van der Waals surface area (Å²) in [5, 5.41) is 8.54. The number of carbonyl (C=O) groups excluding carboxylic acids is 1. The average molecular weight is 267 g/mol. The van der Waals surface area contributed by atoms with Crippen LogP contribution in [0.1, 0.15) is 29.0 Å². The molecule has 1 aromatic heterocycles. The maximum absolute atomic E-state index is 12.1. The molecule has 0 unspecified atom stereocenters. The Morgan fingerprint density at radius 1 is 1.47 bits per heavy atom. The molecule has 1 fully saturated rings. The van der Waals surface area contributed by atoms with Crippen molar-refractivity contribution in [1.29, 1.82) is 0 Å². The van der Waals surface area contributed by atoms with Gasteiger partial charge < -0.3 is 19.2 Å². The van der Waals surface area contributed by atoms with Crippen LogP contribution in [0.5, 0.6) is 0 Å². The van der Waals surface area contributed by atoms with Gasteiger partial charge in [-0.1, -0.05) is 0 Å². The standard InChI is InChI=1S/C13H17NO5/c1-9-6-10(7-18-9)13(17)14-4-2-11(3-5-14)19-8-12(15)16/h6-7,11H,2-5,8H2,1H3,(H,15,16). The fourth-order valence-corrected chi connectivity index (χ4v) is 2.15. The number of aryl methyl sites for hydroxylation is 1. The van der Waals surface area contributed by atoms with Gasteiger partial charge in [0.05, 0.1) is 11.7 Å². The van der Waals surface area contributed by atoms with Crippen molar-refractivity contribution in [3.05, 3.63) is 23.7 Å². The minimum Gasteiger partial charge on any atom is -0.480 e. The maximum Gasteiger partial charge on any atom is 0.329 e. The summed E-state index contributed by atoms with van der Waals surface area (Å²) in [4.78, 5) is 24.3. The Labute approximate surface area is 110 Å². The predicted molar refractivity (Wildman–Crippen MR) is 66.0 cm³/mol. The summed E-state index contributed by atoms with van der Waals surface area (Å²) in [6.07, 6.45) is 2.71. The second-order valence-corrected chi connectivity index (χ2v) is 4.64. The molecule has 0 aliphatic carbocycles. The number of hydrogen-bond acceptors (Lipinski definition) is 4. The zero-order valence-corrected chi connectivity index (χ0v) is 10.8. The number of likely N-dealkylation sites (tertiary alicyclic amines) is 1. The first kappa shape index (κ1) is 13.6. The fourth-order valence-electron chi connectivity index (χ4n) is 2.15. The Bertz CT molecular complexity index is 459. The number of ether oxygens (including phenoxy) is 1. The van der Waals surface area contributed by atoms with E-state index >= 15 is 0 Å². The van der Waals surface area contributed by atoms with E-state index < -0.39 is 5.97 Å². The van der Waals surface area contributed by atoms with Gasteiger partial charge in [-0.3, -0.25) is 4.79 Å². The van der Waals surface area contributed by atoms with Crippen molar-refractivity contribution in [2.24, 2.45) is 0 Å². The van der Waals surface area contributed by atoms with Gasteiger partial charge in [0.15, 0.2) is 0 Å².